The van der Waals surface area contributed by atoms with E-state index in [9.17, 15) is 10.1 Å². The summed E-state index contributed by atoms with van der Waals surface area (Å²) in [7, 11) is 0. The number of halogens is 1. The van der Waals surface area contributed by atoms with Crippen molar-refractivity contribution in [2.75, 3.05) is 0 Å². The summed E-state index contributed by atoms with van der Waals surface area (Å²) in [5.41, 5.74) is 4.99. The fourth-order valence-corrected chi connectivity index (χ4v) is 3.16. The van der Waals surface area contributed by atoms with Crippen LogP contribution in [-0.2, 0) is 24.1 Å². The number of nitrogens with zero attached hydrogens (tertiary/aromatic N) is 1. The molecular weight excluding hydrogens is 282 g/mol. The van der Waals surface area contributed by atoms with Gasteiger partial charge in [-0.2, -0.15) is 5.26 Å². The standard InChI is InChI=1S/C18H14ClNO/c19-18-8-5-13-9-15(21)6-7-16(13)17(18)10-12-3-1-2-4-14(12)11-20/h1-5,8H,6-7,9-10H2. The molecule has 0 amide bonds. The second-order valence-electron chi connectivity index (χ2n) is 5.32. The minimum Gasteiger partial charge on any atom is -0.299 e. The van der Waals surface area contributed by atoms with Gasteiger partial charge in [0.15, 0.2) is 0 Å². The summed E-state index contributed by atoms with van der Waals surface area (Å²) in [4.78, 5) is 11.6. The van der Waals surface area contributed by atoms with Gasteiger partial charge in [-0.15, -0.1) is 0 Å². The second-order valence-corrected chi connectivity index (χ2v) is 5.73. The molecular formula is C18H14ClNO. The number of hydrogen-bond acceptors (Lipinski definition) is 2. The predicted octanol–water partition coefficient (Wildman–Crippen LogP) is 3.86. The van der Waals surface area contributed by atoms with E-state index in [4.69, 9.17) is 11.6 Å². The van der Waals surface area contributed by atoms with Crippen molar-refractivity contribution in [2.24, 2.45) is 0 Å². The first-order chi connectivity index (χ1) is 10.2. The molecule has 1 aliphatic rings. The zero-order valence-corrected chi connectivity index (χ0v) is 12.3. The van der Waals surface area contributed by atoms with Crippen molar-refractivity contribution in [3.8, 4) is 6.07 Å². The van der Waals surface area contributed by atoms with Crippen LogP contribution in [0.2, 0.25) is 5.02 Å². The SMILES string of the molecule is N#Cc1ccccc1Cc1c(Cl)ccc2c1CCC(=O)C2. The Hall–Kier alpha value is -2.11. The Balaban J connectivity index is 2.05. The molecule has 2 aromatic rings. The van der Waals surface area contributed by atoms with Crippen molar-refractivity contribution in [3.05, 3.63) is 69.2 Å². The van der Waals surface area contributed by atoms with Gasteiger partial charge in [-0.3, -0.25) is 4.79 Å². The van der Waals surface area contributed by atoms with Crippen molar-refractivity contribution in [3.63, 3.8) is 0 Å². The third kappa shape index (κ3) is 2.70. The number of Topliss-reactive ketones (excluding diaryl/α,β-unsaturated/α-hetero) is 1. The van der Waals surface area contributed by atoms with Gasteiger partial charge in [0.25, 0.3) is 0 Å². The highest BCUT2D eigenvalue weighted by Gasteiger charge is 2.20. The second kappa shape index (κ2) is 5.71. The maximum absolute atomic E-state index is 11.6. The Labute approximate surface area is 129 Å². The fraction of sp³-hybridized carbons (Fsp3) is 0.222. The Morgan fingerprint density at radius 1 is 1.14 bits per heavy atom. The molecule has 0 spiro atoms. The number of carbonyl (C=O) groups excluding carboxylic acids is 1. The van der Waals surface area contributed by atoms with Gasteiger partial charge in [-0.05, 0) is 40.8 Å². The predicted molar refractivity (Wildman–Crippen MR) is 82.4 cm³/mol. The molecule has 0 heterocycles. The Bertz CT molecular complexity index is 758. The van der Waals surface area contributed by atoms with E-state index in [-0.39, 0.29) is 5.78 Å². The maximum Gasteiger partial charge on any atom is 0.137 e. The van der Waals surface area contributed by atoms with Crippen LogP contribution in [0.1, 0.15) is 34.2 Å². The maximum atomic E-state index is 11.6. The molecule has 0 atom stereocenters. The number of hydrogen-bond donors (Lipinski definition) is 0. The summed E-state index contributed by atoms with van der Waals surface area (Å²) < 4.78 is 0. The van der Waals surface area contributed by atoms with Crippen LogP contribution in [0.15, 0.2) is 36.4 Å². The average molecular weight is 296 g/mol. The number of carbonyl (C=O) groups is 1. The lowest BCUT2D eigenvalue weighted by molar-refractivity contribution is -0.118. The lowest BCUT2D eigenvalue weighted by Gasteiger charge is -2.20. The van der Waals surface area contributed by atoms with Gasteiger partial charge in [-0.25, -0.2) is 0 Å². The van der Waals surface area contributed by atoms with Crippen molar-refractivity contribution >= 4 is 17.4 Å². The summed E-state index contributed by atoms with van der Waals surface area (Å²) in [5, 5.41) is 9.93. The highest BCUT2D eigenvalue weighted by Crippen LogP contribution is 2.31. The molecule has 0 unspecified atom stereocenters. The molecule has 2 aromatic carbocycles. The molecule has 2 nitrogen and oxygen atoms in total. The average Bonchev–Trinajstić information content (AvgIpc) is 2.50. The van der Waals surface area contributed by atoms with E-state index in [1.165, 1.54) is 5.56 Å². The Kier molecular flexibility index (Phi) is 3.77. The van der Waals surface area contributed by atoms with Gasteiger partial charge < -0.3 is 0 Å². The Morgan fingerprint density at radius 2 is 1.95 bits per heavy atom. The van der Waals surface area contributed by atoms with Crippen LogP contribution < -0.4 is 0 Å². The molecule has 1 aliphatic carbocycles. The first-order valence-corrected chi connectivity index (χ1v) is 7.35. The normalized spacial score (nSPS) is 13.6. The molecule has 0 fully saturated rings. The topological polar surface area (TPSA) is 40.9 Å². The van der Waals surface area contributed by atoms with E-state index in [2.05, 4.69) is 6.07 Å². The van der Waals surface area contributed by atoms with Crippen molar-refractivity contribution in [1.29, 1.82) is 5.26 Å². The molecule has 3 heteroatoms. The van der Waals surface area contributed by atoms with Gasteiger partial charge >= 0.3 is 0 Å². The molecule has 3 rings (SSSR count). The molecule has 21 heavy (non-hydrogen) atoms. The van der Waals surface area contributed by atoms with E-state index < -0.39 is 0 Å². The number of nitriles is 1. The summed E-state index contributed by atoms with van der Waals surface area (Å²) in [6.45, 7) is 0. The molecule has 0 aromatic heterocycles. The summed E-state index contributed by atoms with van der Waals surface area (Å²) in [5.74, 6) is 0.285. The van der Waals surface area contributed by atoms with Crippen LogP contribution in [0.3, 0.4) is 0 Å². The fourth-order valence-electron chi connectivity index (χ4n) is 2.92. The van der Waals surface area contributed by atoms with Crippen LogP contribution in [0.25, 0.3) is 0 Å². The zero-order chi connectivity index (χ0) is 14.8. The first kappa shape index (κ1) is 13.9. The summed E-state index contributed by atoms with van der Waals surface area (Å²) in [6, 6.07) is 13.6. The molecule has 0 aliphatic heterocycles. The van der Waals surface area contributed by atoms with Crippen LogP contribution in [0, 0.1) is 11.3 Å². The van der Waals surface area contributed by atoms with Crippen LogP contribution in [0.5, 0.6) is 0 Å². The molecule has 0 radical (unpaired) electrons. The summed E-state index contributed by atoms with van der Waals surface area (Å²) in [6.07, 6.45) is 2.47. The largest absolute Gasteiger partial charge is 0.299 e. The minimum absolute atomic E-state index is 0.285. The van der Waals surface area contributed by atoms with Gasteiger partial charge in [0, 0.05) is 24.3 Å². The molecule has 0 saturated heterocycles. The van der Waals surface area contributed by atoms with Crippen LogP contribution in [0.4, 0.5) is 0 Å². The smallest absolute Gasteiger partial charge is 0.137 e. The highest BCUT2D eigenvalue weighted by molar-refractivity contribution is 6.31. The van der Waals surface area contributed by atoms with Gasteiger partial charge in [0.2, 0.25) is 0 Å². The molecule has 0 bridgehead atoms. The summed E-state index contributed by atoms with van der Waals surface area (Å²) >= 11 is 6.38. The molecule has 104 valence electrons. The van der Waals surface area contributed by atoms with E-state index in [1.54, 1.807) is 0 Å². The first-order valence-electron chi connectivity index (χ1n) is 6.98. The van der Waals surface area contributed by atoms with E-state index in [0.29, 0.717) is 24.8 Å². The Morgan fingerprint density at radius 3 is 2.76 bits per heavy atom. The lowest BCUT2D eigenvalue weighted by Crippen LogP contribution is -2.15. The van der Waals surface area contributed by atoms with Crippen molar-refractivity contribution < 1.29 is 4.79 Å². The van der Waals surface area contributed by atoms with Gasteiger partial charge in [-0.1, -0.05) is 35.9 Å². The molecule has 0 N–H and O–H groups in total. The van der Waals surface area contributed by atoms with Crippen LogP contribution in [-0.4, -0.2) is 5.78 Å². The lowest BCUT2D eigenvalue weighted by atomic mass is 9.85. The van der Waals surface area contributed by atoms with Crippen molar-refractivity contribution in [1.82, 2.24) is 0 Å². The number of fused-ring (bicyclic) bond motifs is 1. The number of ketones is 1. The van der Waals surface area contributed by atoms with Gasteiger partial charge in [0.1, 0.15) is 5.78 Å². The zero-order valence-electron chi connectivity index (χ0n) is 11.5. The monoisotopic (exact) mass is 295 g/mol. The number of rotatable bonds is 2. The van der Waals surface area contributed by atoms with Crippen molar-refractivity contribution in [2.45, 2.75) is 25.7 Å². The van der Waals surface area contributed by atoms with Crippen LogP contribution >= 0.6 is 11.6 Å². The van der Waals surface area contributed by atoms with Gasteiger partial charge in [0.05, 0.1) is 11.6 Å². The quantitative estimate of drug-likeness (QED) is 0.844. The number of benzene rings is 2. The minimum atomic E-state index is 0.285. The van der Waals surface area contributed by atoms with E-state index >= 15 is 0 Å². The highest BCUT2D eigenvalue weighted by atomic mass is 35.5. The van der Waals surface area contributed by atoms with E-state index in [0.717, 1.165) is 28.1 Å². The third-order valence-electron chi connectivity index (χ3n) is 4.02. The third-order valence-corrected chi connectivity index (χ3v) is 4.37. The van der Waals surface area contributed by atoms with E-state index in [1.807, 2.05) is 36.4 Å². The molecule has 0 saturated carbocycles.